The molecule has 0 aliphatic heterocycles. The van der Waals surface area contributed by atoms with Crippen molar-refractivity contribution in [1.29, 1.82) is 0 Å². The van der Waals surface area contributed by atoms with Gasteiger partial charge in [0.15, 0.2) is 18.1 Å². The van der Waals surface area contributed by atoms with Crippen molar-refractivity contribution in [3.63, 3.8) is 0 Å². The Bertz CT molecular complexity index is 1600. The van der Waals surface area contributed by atoms with Gasteiger partial charge < -0.3 is 14.8 Å². The van der Waals surface area contributed by atoms with E-state index in [0.29, 0.717) is 43.9 Å². The van der Waals surface area contributed by atoms with Crippen molar-refractivity contribution in [2.75, 3.05) is 19.0 Å². The predicted octanol–water partition coefficient (Wildman–Crippen LogP) is 6.09. The first-order valence-corrected chi connectivity index (χ1v) is 13.1. The van der Waals surface area contributed by atoms with Crippen LogP contribution in [-0.2, 0) is 4.79 Å². The van der Waals surface area contributed by atoms with Gasteiger partial charge in [-0.2, -0.15) is 9.78 Å². The molecule has 0 fully saturated rings. The molecular formula is C27H23Br2FN4O4. The minimum atomic E-state index is -0.463. The lowest BCUT2D eigenvalue weighted by molar-refractivity contribution is -0.118. The molecule has 0 saturated carbocycles. The number of aromatic nitrogens is 2. The summed E-state index contributed by atoms with van der Waals surface area (Å²) in [5, 5.41) is 7.47. The van der Waals surface area contributed by atoms with Crippen LogP contribution in [0.25, 0.3) is 10.9 Å². The van der Waals surface area contributed by atoms with E-state index in [-0.39, 0.29) is 18.1 Å². The van der Waals surface area contributed by atoms with Gasteiger partial charge in [0.25, 0.3) is 11.5 Å². The Labute approximate surface area is 234 Å². The molecule has 4 rings (SSSR count). The first kappa shape index (κ1) is 27.5. The number of halogens is 3. The first-order chi connectivity index (χ1) is 18.2. The Hall–Kier alpha value is -3.57. The summed E-state index contributed by atoms with van der Waals surface area (Å²) < 4.78 is 27.1. The largest absolute Gasteiger partial charge is 0.493 e. The fourth-order valence-electron chi connectivity index (χ4n) is 3.60. The van der Waals surface area contributed by atoms with E-state index >= 15 is 0 Å². The number of nitrogens with zero attached hydrogens (tertiary/aromatic N) is 3. The molecule has 38 heavy (non-hydrogen) atoms. The zero-order chi connectivity index (χ0) is 27.4. The minimum Gasteiger partial charge on any atom is -0.493 e. The minimum absolute atomic E-state index is 0.0554. The van der Waals surface area contributed by atoms with E-state index in [2.05, 4.69) is 47.3 Å². The number of carbonyl (C=O) groups is 1. The third-order valence-corrected chi connectivity index (χ3v) is 6.59. The molecule has 0 aliphatic rings. The van der Waals surface area contributed by atoms with Gasteiger partial charge in [-0.25, -0.2) is 9.37 Å². The van der Waals surface area contributed by atoms with Crippen LogP contribution in [0, 0.1) is 5.82 Å². The second-order valence-electron chi connectivity index (χ2n) is 8.52. The lowest BCUT2D eigenvalue weighted by Gasteiger charge is -2.14. The molecule has 196 valence electrons. The maximum absolute atomic E-state index is 13.3. The molecule has 1 amide bonds. The third kappa shape index (κ3) is 6.28. The number of rotatable bonds is 8. The monoisotopic (exact) mass is 644 g/mol. The molecule has 0 atom stereocenters. The Morgan fingerprint density at radius 2 is 1.95 bits per heavy atom. The highest BCUT2D eigenvalue weighted by Gasteiger charge is 2.15. The summed E-state index contributed by atoms with van der Waals surface area (Å²) in [7, 11) is 1.47. The molecule has 1 aromatic heterocycles. The second-order valence-corrected chi connectivity index (χ2v) is 10.3. The van der Waals surface area contributed by atoms with E-state index in [1.54, 1.807) is 30.3 Å². The average Bonchev–Trinajstić information content (AvgIpc) is 2.87. The number of hydrogen-bond acceptors (Lipinski definition) is 6. The summed E-state index contributed by atoms with van der Waals surface area (Å²) >= 11 is 6.89. The van der Waals surface area contributed by atoms with Crippen LogP contribution >= 0.6 is 31.9 Å². The molecule has 4 aromatic rings. The number of hydrogen-bond donors (Lipinski definition) is 1. The van der Waals surface area contributed by atoms with Crippen LogP contribution in [0.5, 0.6) is 11.5 Å². The SMILES string of the molecule is COc1cc(C=Nn2c(C(C)C)nc3ccc(Br)cc3c2=O)c(Br)cc1OCC(=O)Nc1cccc(F)c1. The van der Waals surface area contributed by atoms with Gasteiger partial charge >= 0.3 is 0 Å². The molecular weight excluding hydrogens is 623 g/mol. The quantitative estimate of drug-likeness (QED) is 0.234. The van der Waals surface area contributed by atoms with Gasteiger partial charge in [-0.05, 0) is 64.5 Å². The average molecular weight is 646 g/mol. The number of benzene rings is 3. The van der Waals surface area contributed by atoms with Crippen LogP contribution in [0.15, 0.2) is 73.4 Å². The standard InChI is InChI=1S/C27H23Br2FN4O4/c1-15(2)26-33-22-8-7-17(28)10-20(22)27(36)34(26)31-13-16-9-23(37-3)24(12-21(16)29)38-14-25(35)32-19-6-4-5-18(30)11-19/h4-13,15H,14H2,1-3H3,(H,32,35). The number of anilines is 1. The fourth-order valence-corrected chi connectivity index (χ4v) is 4.39. The summed E-state index contributed by atoms with van der Waals surface area (Å²) in [6.07, 6.45) is 1.52. The van der Waals surface area contributed by atoms with Crippen molar-refractivity contribution in [3.8, 4) is 11.5 Å². The maximum Gasteiger partial charge on any atom is 0.282 e. The molecule has 1 heterocycles. The second kappa shape index (κ2) is 11.9. The Morgan fingerprint density at radius 1 is 1.16 bits per heavy atom. The molecule has 1 N–H and O–H groups in total. The Balaban J connectivity index is 1.59. The summed E-state index contributed by atoms with van der Waals surface area (Å²) in [6, 6.07) is 14.2. The van der Waals surface area contributed by atoms with Crippen molar-refractivity contribution < 1.29 is 18.7 Å². The number of ether oxygens (including phenoxy) is 2. The highest BCUT2D eigenvalue weighted by molar-refractivity contribution is 9.10. The van der Waals surface area contributed by atoms with Crippen LogP contribution in [-0.4, -0.2) is 35.5 Å². The van der Waals surface area contributed by atoms with Crippen LogP contribution in [0.1, 0.15) is 31.2 Å². The Kier molecular flexibility index (Phi) is 8.58. The lowest BCUT2D eigenvalue weighted by atomic mass is 10.2. The van der Waals surface area contributed by atoms with Gasteiger partial charge in [0.2, 0.25) is 0 Å². The molecule has 0 bridgehead atoms. The number of fused-ring (bicyclic) bond motifs is 1. The number of nitrogens with one attached hydrogen (secondary N) is 1. The van der Waals surface area contributed by atoms with E-state index in [4.69, 9.17) is 9.47 Å². The maximum atomic E-state index is 13.3. The van der Waals surface area contributed by atoms with E-state index in [1.165, 1.54) is 36.2 Å². The van der Waals surface area contributed by atoms with Gasteiger partial charge in [-0.1, -0.05) is 35.8 Å². The molecule has 0 radical (unpaired) electrons. The number of amides is 1. The van der Waals surface area contributed by atoms with E-state index in [9.17, 15) is 14.0 Å². The summed E-state index contributed by atoms with van der Waals surface area (Å²) in [5.41, 5.74) is 1.24. The summed E-state index contributed by atoms with van der Waals surface area (Å²) in [6.45, 7) is 3.56. The lowest BCUT2D eigenvalue weighted by Crippen LogP contribution is -2.23. The molecule has 3 aromatic carbocycles. The predicted molar refractivity (Wildman–Crippen MR) is 152 cm³/mol. The van der Waals surface area contributed by atoms with Gasteiger partial charge in [-0.15, -0.1) is 0 Å². The van der Waals surface area contributed by atoms with Gasteiger partial charge in [0.05, 0.1) is 24.2 Å². The highest BCUT2D eigenvalue weighted by atomic mass is 79.9. The van der Waals surface area contributed by atoms with E-state index in [0.717, 1.165) is 4.47 Å². The summed E-state index contributed by atoms with van der Waals surface area (Å²) in [5.74, 6) is 0.208. The van der Waals surface area contributed by atoms with Crippen molar-refractivity contribution in [1.82, 2.24) is 9.66 Å². The molecule has 0 spiro atoms. The normalized spacial score (nSPS) is 11.3. The van der Waals surface area contributed by atoms with Crippen LogP contribution in [0.4, 0.5) is 10.1 Å². The van der Waals surface area contributed by atoms with E-state index in [1.807, 2.05) is 19.9 Å². The molecule has 8 nitrogen and oxygen atoms in total. The fraction of sp³-hybridized carbons (Fsp3) is 0.185. The smallest absolute Gasteiger partial charge is 0.282 e. The Morgan fingerprint density at radius 3 is 2.66 bits per heavy atom. The summed E-state index contributed by atoms with van der Waals surface area (Å²) in [4.78, 5) is 30.2. The van der Waals surface area contributed by atoms with E-state index < -0.39 is 11.7 Å². The van der Waals surface area contributed by atoms with Gasteiger partial charge in [-0.3, -0.25) is 9.59 Å². The van der Waals surface area contributed by atoms with Crippen LogP contribution in [0.3, 0.4) is 0 Å². The van der Waals surface area contributed by atoms with Crippen molar-refractivity contribution >= 4 is 60.6 Å². The van der Waals surface area contributed by atoms with Crippen molar-refractivity contribution in [3.05, 3.63) is 91.1 Å². The zero-order valence-corrected chi connectivity index (χ0v) is 23.8. The number of methoxy groups -OCH3 is 1. The first-order valence-electron chi connectivity index (χ1n) is 11.5. The number of carbonyl (C=O) groups excluding carboxylic acids is 1. The van der Waals surface area contributed by atoms with Crippen LogP contribution in [0.2, 0.25) is 0 Å². The third-order valence-electron chi connectivity index (χ3n) is 5.41. The van der Waals surface area contributed by atoms with Gasteiger partial charge in [0.1, 0.15) is 11.6 Å². The van der Waals surface area contributed by atoms with Gasteiger partial charge in [0, 0.05) is 26.1 Å². The van der Waals surface area contributed by atoms with Crippen molar-refractivity contribution in [2.24, 2.45) is 5.10 Å². The molecule has 0 aliphatic carbocycles. The van der Waals surface area contributed by atoms with Crippen molar-refractivity contribution in [2.45, 2.75) is 19.8 Å². The molecule has 0 saturated heterocycles. The molecule has 11 heteroatoms. The topological polar surface area (TPSA) is 94.8 Å². The highest BCUT2D eigenvalue weighted by Crippen LogP contribution is 2.33. The van der Waals surface area contributed by atoms with Crippen LogP contribution < -0.4 is 20.3 Å². The molecule has 0 unspecified atom stereocenters. The zero-order valence-electron chi connectivity index (χ0n) is 20.7.